The summed E-state index contributed by atoms with van der Waals surface area (Å²) in [6.45, 7) is 3.60. The smallest absolute Gasteiger partial charge is 0.249 e. The molecule has 10 heteroatoms. The van der Waals surface area contributed by atoms with Crippen LogP contribution in [0.15, 0.2) is 12.2 Å². The van der Waals surface area contributed by atoms with Gasteiger partial charge in [0.2, 0.25) is 5.91 Å². The minimum Gasteiger partial charge on any atom is -0.394 e. The largest absolute Gasteiger partial charge is 0.394 e. The highest BCUT2D eigenvalue weighted by atomic mass is 16.7. The SMILES string of the molecule is CCCCC/C=C\CCCCCCC(O)C(=O)NC(COC1OC(CO)C(O)C(O)C1O)C(O)CCCCCCCCCCCCCCC. The first-order valence-corrected chi connectivity index (χ1v) is 20.0. The van der Waals surface area contributed by atoms with E-state index in [0.717, 1.165) is 57.8 Å². The lowest BCUT2D eigenvalue weighted by Crippen LogP contribution is -2.60. The zero-order chi connectivity index (χ0) is 36.1. The summed E-state index contributed by atoms with van der Waals surface area (Å²) >= 11 is 0. The lowest BCUT2D eigenvalue weighted by Gasteiger charge is -2.40. The Morgan fingerprint density at radius 3 is 1.69 bits per heavy atom. The van der Waals surface area contributed by atoms with E-state index in [1.54, 1.807) is 0 Å². The molecule has 0 aromatic carbocycles. The standard InChI is InChI=1S/C39H75NO9/c1-3-5-7-9-11-13-15-16-18-19-21-23-25-27-32(42)31(30-48-39-37(46)36(45)35(44)34(29-41)49-39)40-38(47)33(43)28-26-24-22-20-17-14-12-10-8-6-4-2/h12,14,31-37,39,41-46H,3-11,13,15-30H2,1-2H3,(H,40,47)/b14-12-. The van der Waals surface area contributed by atoms with Crippen molar-refractivity contribution < 1.29 is 44.9 Å². The molecule has 1 aliphatic rings. The van der Waals surface area contributed by atoms with Gasteiger partial charge in [0.1, 0.15) is 30.5 Å². The summed E-state index contributed by atoms with van der Waals surface area (Å²) < 4.78 is 11.1. The van der Waals surface area contributed by atoms with Gasteiger partial charge < -0.3 is 45.4 Å². The van der Waals surface area contributed by atoms with Crippen LogP contribution < -0.4 is 5.32 Å². The van der Waals surface area contributed by atoms with Crippen LogP contribution in [-0.2, 0) is 14.3 Å². The quantitative estimate of drug-likeness (QED) is 0.0330. The third-order valence-corrected chi connectivity index (χ3v) is 9.73. The molecule has 0 aliphatic carbocycles. The van der Waals surface area contributed by atoms with Gasteiger partial charge in [-0.1, -0.05) is 142 Å². The minimum absolute atomic E-state index is 0.257. The van der Waals surface area contributed by atoms with E-state index in [9.17, 15) is 35.4 Å². The number of aliphatic hydroxyl groups is 6. The molecule has 0 spiro atoms. The molecule has 0 radical (unpaired) electrons. The van der Waals surface area contributed by atoms with E-state index in [2.05, 4.69) is 31.3 Å². The number of aliphatic hydroxyl groups excluding tert-OH is 6. The van der Waals surface area contributed by atoms with Crippen molar-refractivity contribution in [2.45, 2.75) is 217 Å². The second kappa shape index (κ2) is 30.5. The first-order chi connectivity index (χ1) is 23.8. The van der Waals surface area contributed by atoms with Crippen LogP contribution >= 0.6 is 0 Å². The molecule has 8 unspecified atom stereocenters. The predicted octanol–water partition coefficient (Wildman–Crippen LogP) is 5.97. The number of nitrogens with one attached hydrogen (secondary N) is 1. The molecule has 0 bridgehead atoms. The fraction of sp³-hybridized carbons (Fsp3) is 0.923. The Hall–Kier alpha value is -1.11. The third-order valence-electron chi connectivity index (χ3n) is 9.73. The van der Waals surface area contributed by atoms with E-state index in [1.165, 1.54) is 77.0 Å². The Labute approximate surface area is 298 Å². The highest BCUT2D eigenvalue weighted by Gasteiger charge is 2.44. The molecular formula is C39H75NO9. The van der Waals surface area contributed by atoms with Gasteiger partial charge in [0, 0.05) is 0 Å². The molecule has 290 valence electrons. The number of ether oxygens (including phenoxy) is 2. The summed E-state index contributed by atoms with van der Waals surface area (Å²) in [4.78, 5) is 12.9. The van der Waals surface area contributed by atoms with Crippen molar-refractivity contribution in [3.05, 3.63) is 12.2 Å². The molecule has 0 saturated carbocycles. The Morgan fingerprint density at radius 1 is 0.673 bits per heavy atom. The van der Waals surface area contributed by atoms with Gasteiger partial charge in [0.05, 0.1) is 25.4 Å². The number of carbonyl (C=O) groups excluding carboxylic acids is 1. The summed E-state index contributed by atoms with van der Waals surface area (Å²) in [7, 11) is 0. The van der Waals surface area contributed by atoms with E-state index >= 15 is 0 Å². The maximum atomic E-state index is 12.9. The van der Waals surface area contributed by atoms with Gasteiger partial charge in [0.15, 0.2) is 6.29 Å². The highest BCUT2D eigenvalue weighted by Crippen LogP contribution is 2.23. The highest BCUT2D eigenvalue weighted by molar-refractivity contribution is 5.80. The van der Waals surface area contributed by atoms with Gasteiger partial charge in [-0.2, -0.15) is 0 Å². The van der Waals surface area contributed by atoms with Crippen molar-refractivity contribution in [1.82, 2.24) is 5.32 Å². The Bertz CT molecular complexity index is 798. The van der Waals surface area contributed by atoms with Crippen LogP contribution in [0.2, 0.25) is 0 Å². The van der Waals surface area contributed by atoms with Crippen molar-refractivity contribution >= 4 is 5.91 Å². The van der Waals surface area contributed by atoms with Crippen LogP contribution in [0.4, 0.5) is 0 Å². The van der Waals surface area contributed by atoms with Crippen LogP contribution in [0.5, 0.6) is 0 Å². The number of unbranched alkanes of at least 4 members (excludes halogenated alkanes) is 19. The molecule has 10 nitrogen and oxygen atoms in total. The summed E-state index contributed by atoms with van der Waals surface area (Å²) in [5.41, 5.74) is 0. The number of hydrogen-bond donors (Lipinski definition) is 7. The number of rotatable bonds is 32. The van der Waals surface area contributed by atoms with Crippen molar-refractivity contribution in [3.8, 4) is 0 Å². The van der Waals surface area contributed by atoms with Crippen molar-refractivity contribution in [2.75, 3.05) is 13.2 Å². The van der Waals surface area contributed by atoms with Crippen molar-refractivity contribution in [2.24, 2.45) is 0 Å². The van der Waals surface area contributed by atoms with Crippen molar-refractivity contribution in [3.63, 3.8) is 0 Å². The van der Waals surface area contributed by atoms with E-state index < -0.39 is 61.5 Å². The third kappa shape index (κ3) is 21.8. The van der Waals surface area contributed by atoms with Crippen LogP contribution in [0.3, 0.4) is 0 Å². The van der Waals surface area contributed by atoms with E-state index in [1.807, 2.05) is 0 Å². The van der Waals surface area contributed by atoms with E-state index in [0.29, 0.717) is 19.3 Å². The normalized spacial score (nSPS) is 23.1. The second-order valence-corrected chi connectivity index (χ2v) is 14.2. The first kappa shape index (κ1) is 45.9. The number of amides is 1. The maximum absolute atomic E-state index is 12.9. The molecule has 0 aromatic rings. The molecule has 7 N–H and O–H groups in total. The average molecular weight is 702 g/mol. The second-order valence-electron chi connectivity index (χ2n) is 14.2. The van der Waals surface area contributed by atoms with Crippen LogP contribution in [0.1, 0.15) is 168 Å². The van der Waals surface area contributed by atoms with E-state index in [4.69, 9.17) is 9.47 Å². The lowest BCUT2D eigenvalue weighted by atomic mass is 9.99. The maximum Gasteiger partial charge on any atom is 0.249 e. The molecule has 8 atom stereocenters. The summed E-state index contributed by atoms with van der Waals surface area (Å²) in [6.07, 6.45) is 21.2. The Morgan fingerprint density at radius 2 is 1.14 bits per heavy atom. The van der Waals surface area contributed by atoms with Crippen LogP contribution in [0, 0.1) is 0 Å². The Kier molecular flexibility index (Phi) is 28.6. The molecule has 0 aromatic heterocycles. The van der Waals surface area contributed by atoms with Gasteiger partial charge >= 0.3 is 0 Å². The molecular weight excluding hydrogens is 626 g/mol. The molecule has 1 fully saturated rings. The van der Waals surface area contributed by atoms with E-state index in [-0.39, 0.29) is 6.61 Å². The van der Waals surface area contributed by atoms with Gasteiger partial charge in [-0.05, 0) is 38.5 Å². The molecule has 1 heterocycles. The molecule has 1 saturated heterocycles. The fourth-order valence-electron chi connectivity index (χ4n) is 6.34. The van der Waals surface area contributed by atoms with Gasteiger partial charge in [-0.25, -0.2) is 0 Å². The molecule has 1 amide bonds. The molecule has 1 aliphatic heterocycles. The summed E-state index contributed by atoms with van der Waals surface area (Å²) in [6, 6.07) is -0.893. The fourth-order valence-corrected chi connectivity index (χ4v) is 6.34. The zero-order valence-corrected chi connectivity index (χ0v) is 31.1. The van der Waals surface area contributed by atoms with Crippen LogP contribution in [0.25, 0.3) is 0 Å². The van der Waals surface area contributed by atoms with Gasteiger partial charge in [0.25, 0.3) is 0 Å². The van der Waals surface area contributed by atoms with Crippen molar-refractivity contribution in [1.29, 1.82) is 0 Å². The monoisotopic (exact) mass is 702 g/mol. The lowest BCUT2D eigenvalue weighted by molar-refractivity contribution is -0.302. The molecule has 49 heavy (non-hydrogen) atoms. The Balaban J connectivity index is 2.49. The predicted molar refractivity (Wildman–Crippen MR) is 195 cm³/mol. The van der Waals surface area contributed by atoms with Crippen LogP contribution in [-0.4, -0.2) is 98.7 Å². The average Bonchev–Trinajstić information content (AvgIpc) is 3.10. The zero-order valence-electron chi connectivity index (χ0n) is 31.1. The number of hydrogen-bond acceptors (Lipinski definition) is 9. The van der Waals surface area contributed by atoms with Gasteiger partial charge in [-0.3, -0.25) is 4.79 Å². The topological polar surface area (TPSA) is 169 Å². The first-order valence-electron chi connectivity index (χ1n) is 20.0. The summed E-state index contributed by atoms with van der Waals surface area (Å²) in [5, 5.41) is 64.4. The van der Waals surface area contributed by atoms with Gasteiger partial charge in [-0.15, -0.1) is 0 Å². The summed E-state index contributed by atoms with van der Waals surface area (Å²) in [5.74, 6) is -0.596. The molecule has 1 rings (SSSR count). The minimum atomic E-state index is -1.59. The number of carbonyl (C=O) groups is 1. The number of allylic oxidation sites excluding steroid dienone is 2.